The first-order valence-electron chi connectivity index (χ1n) is 6.86. The lowest BCUT2D eigenvalue weighted by molar-refractivity contribution is -0.137. The van der Waals surface area contributed by atoms with E-state index in [0.29, 0.717) is 18.0 Å². The molecule has 0 saturated heterocycles. The van der Waals surface area contributed by atoms with Gasteiger partial charge in [0, 0.05) is 24.5 Å². The van der Waals surface area contributed by atoms with Crippen molar-refractivity contribution in [3.8, 4) is 5.75 Å². The van der Waals surface area contributed by atoms with Crippen molar-refractivity contribution in [2.45, 2.75) is 6.18 Å². The summed E-state index contributed by atoms with van der Waals surface area (Å²) in [5.41, 5.74) is 1.37. The lowest BCUT2D eigenvalue weighted by atomic mass is 10.1. The maximum absolute atomic E-state index is 12.7. The van der Waals surface area contributed by atoms with Crippen molar-refractivity contribution in [2.75, 3.05) is 30.4 Å². The molecule has 1 aliphatic heterocycles. The van der Waals surface area contributed by atoms with E-state index in [1.165, 1.54) is 6.07 Å². The van der Waals surface area contributed by atoms with Crippen LogP contribution < -0.4 is 15.0 Å². The monoisotopic (exact) mass is 308 g/mol. The molecule has 0 atom stereocenters. The van der Waals surface area contributed by atoms with Crippen LogP contribution in [0.3, 0.4) is 0 Å². The van der Waals surface area contributed by atoms with Crippen molar-refractivity contribution in [2.24, 2.45) is 0 Å². The van der Waals surface area contributed by atoms with Crippen molar-refractivity contribution in [3.63, 3.8) is 0 Å². The number of benzene rings is 2. The molecule has 3 rings (SSSR count). The summed E-state index contributed by atoms with van der Waals surface area (Å²) >= 11 is 0. The normalized spacial score (nSPS) is 14.3. The Morgan fingerprint density at radius 1 is 1.09 bits per heavy atom. The minimum absolute atomic E-state index is 0.388. The first-order chi connectivity index (χ1) is 10.4. The van der Waals surface area contributed by atoms with Gasteiger partial charge in [-0.25, -0.2) is 0 Å². The summed E-state index contributed by atoms with van der Waals surface area (Å²) in [5, 5.41) is 2.98. The van der Waals surface area contributed by atoms with E-state index in [1.807, 2.05) is 19.2 Å². The molecule has 0 amide bonds. The van der Waals surface area contributed by atoms with E-state index >= 15 is 0 Å². The van der Waals surface area contributed by atoms with Crippen molar-refractivity contribution < 1.29 is 17.9 Å². The number of likely N-dealkylation sites (N-methyl/N-ethyl adjacent to an activating group) is 1. The van der Waals surface area contributed by atoms with Gasteiger partial charge in [0.05, 0.1) is 17.8 Å². The molecule has 3 nitrogen and oxygen atoms in total. The molecule has 1 heterocycles. The van der Waals surface area contributed by atoms with Crippen LogP contribution in [0.2, 0.25) is 0 Å². The Hall–Kier alpha value is -2.37. The van der Waals surface area contributed by atoms with Crippen LogP contribution in [-0.2, 0) is 6.18 Å². The summed E-state index contributed by atoms with van der Waals surface area (Å²) < 4.78 is 43.8. The Labute approximate surface area is 126 Å². The molecular weight excluding hydrogens is 293 g/mol. The maximum atomic E-state index is 12.7. The number of anilines is 3. The second-order valence-corrected chi connectivity index (χ2v) is 5.16. The Kier molecular flexibility index (Phi) is 3.60. The number of hydrogen-bond donors (Lipinski definition) is 1. The van der Waals surface area contributed by atoms with Gasteiger partial charge in [-0.3, -0.25) is 0 Å². The summed E-state index contributed by atoms with van der Waals surface area (Å²) in [4.78, 5) is 2.08. The van der Waals surface area contributed by atoms with Gasteiger partial charge in [-0.2, -0.15) is 13.2 Å². The molecule has 0 radical (unpaired) electrons. The maximum Gasteiger partial charge on any atom is 0.416 e. The standard InChI is InChI=1S/C16H15F3N2O/c1-21-7-8-22-15-10-13(5-6-14(15)21)20-12-4-2-3-11(9-12)16(17,18)19/h2-6,9-10,20H,7-8H2,1H3. The quantitative estimate of drug-likeness (QED) is 0.896. The SMILES string of the molecule is CN1CCOc2cc(Nc3cccc(C(F)(F)F)c3)ccc21. The molecule has 0 fully saturated rings. The Morgan fingerprint density at radius 3 is 2.64 bits per heavy atom. The van der Waals surface area contributed by atoms with Crippen LogP contribution in [0.15, 0.2) is 42.5 Å². The zero-order chi connectivity index (χ0) is 15.7. The first-order valence-corrected chi connectivity index (χ1v) is 6.86. The zero-order valence-corrected chi connectivity index (χ0v) is 11.9. The highest BCUT2D eigenvalue weighted by Crippen LogP contribution is 2.35. The van der Waals surface area contributed by atoms with Crippen molar-refractivity contribution in [1.29, 1.82) is 0 Å². The summed E-state index contributed by atoms with van der Waals surface area (Å²) in [6, 6.07) is 10.6. The van der Waals surface area contributed by atoms with Crippen molar-refractivity contribution in [3.05, 3.63) is 48.0 Å². The Balaban J connectivity index is 1.85. The third-order valence-electron chi connectivity index (χ3n) is 3.53. The first kappa shape index (κ1) is 14.6. The number of alkyl halides is 3. The van der Waals surface area contributed by atoms with E-state index in [4.69, 9.17) is 4.74 Å². The fourth-order valence-corrected chi connectivity index (χ4v) is 2.38. The predicted octanol–water partition coefficient (Wildman–Crippen LogP) is 4.28. The van der Waals surface area contributed by atoms with Crippen molar-refractivity contribution >= 4 is 17.1 Å². The highest BCUT2D eigenvalue weighted by Gasteiger charge is 2.30. The molecule has 0 unspecified atom stereocenters. The number of nitrogens with one attached hydrogen (secondary N) is 1. The van der Waals surface area contributed by atoms with Gasteiger partial charge in [-0.1, -0.05) is 6.07 Å². The van der Waals surface area contributed by atoms with Gasteiger partial charge in [0.25, 0.3) is 0 Å². The largest absolute Gasteiger partial charge is 0.489 e. The zero-order valence-electron chi connectivity index (χ0n) is 11.9. The highest BCUT2D eigenvalue weighted by molar-refractivity contribution is 5.69. The number of ether oxygens (including phenoxy) is 1. The van der Waals surface area contributed by atoms with Crippen LogP contribution in [0.4, 0.5) is 30.2 Å². The van der Waals surface area contributed by atoms with E-state index in [9.17, 15) is 13.2 Å². The minimum atomic E-state index is -4.35. The van der Waals surface area contributed by atoms with Crippen LogP contribution in [0.1, 0.15) is 5.56 Å². The van der Waals surface area contributed by atoms with Gasteiger partial charge in [0.2, 0.25) is 0 Å². The Bertz CT molecular complexity index is 685. The van der Waals surface area contributed by atoms with E-state index in [2.05, 4.69) is 10.2 Å². The van der Waals surface area contributed by atoms with Gasteiger partial charge < -0.3 is 15.0 Å². The van der Waals surface area contributed by atoms with Gasteiger partial charge >= 0.3 is 6.18 Å². The van der Waals surface area contributed by atoms with Gasteiger partial charge in [0.15, 0.2) is 0 Å². The molecule has 1 aliphatic rings. The lowest BCUT2D eigenvalue weighted by Gasteiger charge is -2.28. The molecule has 2 aromatic rings. The molecular formula is C16H15F3N2O. The fourth-order valence-electron chi connectivity index (χ4n) is 2.38. The molecule has 22 heavy (non-hydrogen) atoms. The van der Waals surface area contributed by atoms with Crippen LogP contribution in [0.5, 0.6) is 5.75 Å². The van der Waals surface area contributed by atoms with Crippen molar-refractivity contribution in [1.82, 2.24) is 0 Å². The molecule has 0 aliphatic carbocycles. The number of rotatable bonds is 2. The lowest BCUT2D eigenvalue weighted by Crippen LogP contribution is -2.28. The van der Waals surface area contributed by atoms with Gasteiger partial charge in [0.1, 0.15) is 12.4 Å². The van der Waals surface area contributed by atoms with E-state index in [-0.39, 0.29) is 0 Å². The third kappa shape index (κ3) is 2.95. The average Bonchev–Trinajstić information content (AvgIpc) is 2.47. The van der Waals surface area contributed by atoms with Crippen LogP contribution in [-0.4, -0.2) is 20.2 Å². The second-order valence-electron chi connectivity index (χ2n) is 5.16. The highest BCUT2D eigenvalue weighted by atomic mass is 19.4. The van der Waals surface area contributed by atoms with Gasteiger partial charge in [-0.15, -0.1) is 0 Å². The second kappa shape index (κ2) is 5.44. The predicted molar refractivity (Wildman–Crippen MR) is 79.9 cm³/mol. The minimum Gasteiger partial charge on any atom is -0.489 e. The van der Waals surface area contributed by atoms with E-state index in [1.54, 1.807) is 12.1 Å². The summed E-state index contributed by atoms with van der Waals surface area (Å²) in [6.07, 6.45) is -4.35. The fraction of sp³-hybridized carbons (Fsp3) is 0.250. The van der Waals surface area contributed by atoms with Gasteiger partial charge in [-0.05, 0) is 30.3 Å². The van der Waals surface area contributed by atoms with Crippen LogP contribution in [0.25, 0.3) is 0 Å². The number of hydrogen-bond acceptors (Lipinski definition) is 3. The number of nitrogens with zero attached hydrogens (tertiary/aromatic N) is 1. The molecule has 116 valence electrons. The molecule has 0 bridgehead atoms. The average molecular weight is 308 g/mol. The topological polar surface area (TPSA) is 24.5 Å². The molecule has 6 heteroatoms. The molecule has 0 saturated carbocycles. The van der Waals surface area contributed by atoms with Crippen LogP contribution >= 0.6 is 0 Å². The number of fused-ring (bicyclic) bond motifs is 1. The smallest absolute Gasteiger partial charge is 0.416 e. The van der Waals surface area contributed by atoms with Crippen LogP contribution in [0, 0.1) is 0 Å². The third-order valence-corrected chi connectivity index (χ3v) is 3.53. The molecule has 0 aromatic heterocycles. The molecule has 0 spiro atoms. The molecule has 1 N–H and O–H groups in total. The number of halogens is 3. The van der Waals surface area contributed by atoms with E-state index in [0.717, 1.165) is 30.1 Å². The Morgan fingerprint density at radius 2 is 1.86 bits per heavy atom. The summed E-state index contributed by atoms with van der Waals surface area (Å²) in [7, 11) is 1.97. The van der Waals surface area contributed by atoms with E-state index < -0.39 is 11.7 Å². The summed E-state index contributed by atoms with van der Waals surface area (Å²) in [6.45, 7) is 1.41. The summed E-state index contributed by atoms with van der Waals surface area (Å²) in [5.74, 6) is 0.728. The molecule has 2 aromatic carbocycles.